The molecule has 1 atom stereocenters. The summed E-state index contributed by atoms with van der Waals surface area (Å²) in [6.07, 6.45) is 5.43. The van der Waals surface area contributed by atoms with Gasteiger partial charge in [0.15, 0.2) is 11.8 Å². The number of para-hydroxylation sites is 2. The molecule has 1 aliphatic rings. The van der Waals surface area contributed by atoms with E-state index < -0.39 is 0 Å². The normalized spacial score (nSPS) is 16.2. The summed E-state index contributed by atoms with van der Waals surface area (Å²) < 4.78 is 10.9. The summed E-state index contributed by atoms with van der Waals surface area (Å²) >= 11 is 0. The van der Waals surface area contributed by atoms with Crippen molar-refractivity contribution in [2.45, 2.75) is 25.3 Å². The quantitative estimate of drug-likeness (QED) is 0.753. The zero-order valence-corrected chi connectivity index (χ0v) is 14.6. The van der Waals surface area contributed by atoms with Gasteiger partial charge in [-0.05, 0) is 43.5 Å². The van der Waals surface area contributed by atoms with Gasteiger partial charge in [-0.3, -0.25) is 0 Å². The Balaban J connectivity index is 1.61. The number of hydrogen-bond acceptors (Lipinski definition) is 3. The molecule has 6 heteroatoms. The van der Waals surface area contributed by atoms with Crippen LogP contribution in [0.2, 0.25) is 0 Å². The van der Waals surface area contributed by atoms with Crippen molar-refractivity contribution in [2.75, 3.05) is 32.1 Å². The number of nitrogens with one attached hydrogen (secondary N) is 3. The van der Waals surface area contributed by atoms with Crippen molar-refractivity contribution < 1.29 is 18.8 Å². The summed E-state index contributed by atoms with van der Waals surface area (Å²) in [5, 5.41) is 5.83. The first-order chi connectivity index (χ1) is 12.3. The molecule has 2 amide bonds. The van der Waals surface area contributed by atoms with Crippen LogP contribution in [0.15, 0.2) is 47.1 Å². The lowest BCUT2D eigenvalue weighted by molar-refractivity contribution is -0.936. The fourth-order valence-electron chi connectivity index (χ4n) is 3.40. The number of amides is 2. The number of piperidine rings is 1. The van der Waals surface area contributed by atoms with E-state index in [-0.39, 0.29) is 12.1 Å². The molecule has 3 N–H and O–H groups in total. The van der Waals surface area contributed by atoms with Gasteiger partial charge in [-0.2, -0.15) is 0 Å². The highest BCUT2D eigenvalue weighted by Crippen LogP contribution is 2.22. The highest BCUT2D eigenvalue weighted by molar-refractivity contribution is 5.90. The minimum Gasteiger partial charge on any atom is -0.495 e. The van der Waals surface area contributed by atoms with Gasteiger partial charge in [-0.1, -0.05) is 12.1 Å². The molecule has 25 heavy (non-hydrogen) atoms. The number of hydrogen-bond donors (Lipinski definition) is 3. The van der Waals surface area contributed by atoms with Crippen LogP contribution in [0.3, 0.4) is 0 Å². The summed E-state index contributed by atoms with van der Waals surface area (Å²) in [4.78, 5) is 13.8. The number of ether oxygens (including phenoxy) is 1. The Hall–Kier alpha value is -2.47. The third kappa shape index (κ3) is 4.54. The molecular formula is C19H26N3O3+. The van der Waals surface area contributed by atoms with Crippen molar-refractivity contribution in [1.29, 1.82) is 0 Å². The monoisotopic (exact) mass is 344 g/mol. The predicted octanol–water partition coefficient (Wildman–Crippen LogP) is 2.22. The van der Waals surface area contributed by atoms with E-state index in [2.05, 4.69) is 10.6 Å². The summed E-state index contributed by atoms with van der Waals surface area (Å²) in [5.41, 5.74) is 0.655. The number of urea groups is 1. The first kappa shape index (κ1) is 17.4. The third-order valence-corrected chi connectivity index (χ3v) is 4.70. The molecule has 0 bridgehead atoms. The number of carbonyl (C=O) groups excluding carboxylic acids is 1. The Morgan fingerprint density at radius 3 is 2.72 bits per heavy atom. The Kier molecular flexibility index (Phi) is 5.95. The van der Waals surface area contributed by atoms with Gasteiger partial charge in [-0.25, -0.2) is 4.79 Å². The average molecular weight is 344 g/mol. The van der Waals surface area contributed by atoms with Crippen molar-refractivity contribution in [2.24, 2.45) is 0 Å². The van der Waals surface area contributed by atoms with Crippen LogP contribution in [0.4, 0.5) is 10.5 Å². The summed E-state index contributed by atoms with van der Waals surface area (Å²) in [6.45, 7) is 2.76. The van der Waals surface area contributed by atoms with E-state index in [0.29, 0.717) is 18.0 Å². The third-order valence-electron chi connectivity index (χ3n) is 4.70. The first-order valence-corrected chi connectivity index (χ1v) is 8.84. The van der Waals surface area contributed by atoms with Crippen LogP contribution in [0.25, 0.3) is 0 Å². The van der Waals surface area contributed by atoms with Crippen LogP contribution < -0.4 is 20.3 Å². The zero-order chi connectivity index (χ0) is 17.5. The second-order valence-electron chi connectivity index (χ2n) is 6.32. The average Bonchev–Trinajstić information content (AvgIpc) is 3.18. The van der Waals surface area contributed by atoms with E-state index in [4.69, 9.17) is 9.15 Å². The van der Waals surface area contributed by atoms with E-state index in [1.54, 1.807) is 13.4 Å². The lowest BCUT2D eigenvalue weighted by atomic mass is 10.1. The number of furan rings is 1. The molecule has 1 aliphatic heterocycles. The Labute approximate surface area is 148 Å². The van der Waals surface area contributed by atoms with E-state index in [0.717, 1.165) is 18.8 Å². The number of methoxy groups -OCH3 is 1. The summed E-state index contributed by atoms with van der Waals surface area (Å²) in [5.74, 6) is 1.57. The molecular weight excluding hydrogens is 318 g/mol. The van der Waals surface area contributed by atoms with Crippen LogP contribution in [0.5, 0.6) is 5.75 Å². The zero-order valence-electron chi connectivity index (χ0n) is 14.6. The van der Waals surface area contributed by atoms with E-state index in [1.807, 2.05) is 36.4 Å². The molecule has 1 aromatic heterocycles. The van der Waals surface area contributed by atoms with Crippen molar-refractivity contribution in [1.82, 2.24) is 5.32 Å². The molecule has 2 heterocycles. The molecule has 1 fully saturated rings. The maximum Gasteiger partial charge on any atom is 0.319 e. The molecule has 1 saturated heterocycles. The molecule has 1 aromatic carbocycles. The van der Waals surface area contributed by atoms with Gasteiger partial charge < -0.3 is 24.7 Å². The number of carbonyl (C=O) groups is 1. The molecule has 2 aromatic rings. The second-order valence-corrected chi connectivity index (χ2v) is 6.32. The molecule has 0 spiro atoms. The van der Waals surface area contributed by atoms with E-state index in [9.17, 15) is 4.79 Å². The van der Waals surface area contributed by atoms with Gasteiger partial charge >= 0.3 is 6.03 Å². The van der Waals surface area contributed by atoms with Crippen molar-refractivity contribution >= 4 is 11.7 Å². The maximum atomic E-state index is 12.3. The first-order valence-electron chi connectivity index (χ1n) is 8.84. The second kappa shape index (κ2) is 8.58. The standard InChI is InChI=1S/C19H25N3O3/c1-24-17-9-4-3-8-15(17)21-19(23)20-14-16(18-10-7-13-25-18)22-11-5-2-6-12-22/h3-4,7-10,13,16H,2,5-6,11-12,14H2,1H3,(H2,20,21,23)/p+1/t16-/m1/s1. The lowest BCUT2D eigenvalue weighted by Crippen LogP contribution is -3.13. The number of anilines is 1. The van der Waals surface area contributed by atoms with Gasteiger partial charge in [0.25, 0.3) is 0 Å². The smallest absolute Gasteiger partial charge is 0.319 e. The Morgan fingerprint density at radius 1 is 1.20 bits per heavy atom. The van der Waals surface area contributed by atoms with Crippen LogP contribution in [0.1, 0.15) is 31.1 Å². The maximum absolute atomic E-state index is 12.3. The molecule has 134 valence electrons. The van der Waals surface area contributed by atoms with Crippen LogP contribution in [-0.2, 0) is 0 Å². The topological polar surface area (TPSA) is 67.9 Å². The molecule has 0 radical (unpaired) electrons. The lowest BCUT2D eigenvalue weighted by Gasteiger charge is -2.30. The van der Waals surface area contributed by atoms with Gasteiger partial charge in [0, 0.05) is 0 Å². The summed E-state index contributed by atoms with van der Waals surface area (Å²) in [6, 6.07) is 11.2. The van der Waals surface area contributed by atoms with Crippen LogP contribution >= 0.6 is 0 Å². The van der Waals surface area contributed by atoms with Gasteiger partial charge in [0.05, 0.1) is 38.7 Å². The highest BCUT2D eigenvalue weighted by atomic mass is 16.5. The fraction of sp³-hybridized carbons (Fsp3) is 0.421. The van der Waals surface area contributed by atoms with Crippen molar-refractivity contribution in [3.8, 4) is 5.75 Å². The van der Waals surface area contributed by atoms with Crippen LogP contribution in [0, 0.1) is 0 Å². The molecule has 3 rings (SSSR count). The van der Waals surface area contributed by atoms with Crippen LogP contribution in [-0.4, -0.2) is 32.8 Å². The Morgan fingerprint density at radius 2 is 2.00 bits per heavy atom. The minimum atomic E-state index is -0.238. The number of quaternary nitrogens is 1. The minimum absolute atomic E-state index is 0.138. The van der Waals surface area contributed by atoms with Gasteiger partial charge in [0.1, 0.15) is 5.75 Å². The number of benzene rings is 1. The fourth-order valence-corrected chi connectivity index (χ4v) is 3.40. The summed E-state index contributed by atoms with van der Waals surface area (Å²) in [7, 11) is 1.59. The number of rotatable bonds is 6. The van der Waals surface area contributed by atoms with E-state index in [1.165, 1.54) is 24.2 Å². The van der Waals surface area contributed by atoms with Crippen molar-refractivity contribution in [3.63, 3.8) is 0 Å². The molecule has 0 saturated carbocycles. The van der Waals surface area contributed by atoms with Gasteiger partial charge in [0.2, 0.25) is 0 Å². The molecule has 0 aliphatic carbocycles. The predicted molar refractivity (Wildman–Crippen MR) is 96.0 cm³/mol. The Bertz CT molecular complexity index is 666. The van der Waals surface area contributed by atoms with E-state index >= 15 is 0 Å². The highest BCUT2D eigenvalue weighted by Gasteiger charge is 2.28. The molecule has 6 nitrogen and oxygen atoms in total. The molecule has 0 unspecified atom stereocenters. The largest absolute Gasteiger partial charge is 0.495 e. The number of likely N-dealkylation sites (tertiary alicyclic amines) is 1. The SMILES string of the molecule is COc1ccccc1NC(=O)NC[C@H](c1ccco1)[NH+]1CCCCC1. The van der Waals surface area contributed by atoms with Gasteiger partial charge in [-0.15, -0.1) is 0 Å². The van der Waals surface area contributed by atoms with Crippen molar-refractivity contribution in [3.05, 3.63) is 48.4 Å².